The Morgan fingerprint density at radius 1 is 1.26 bits per heavy atom. The van der Waals surface area contributed by atoms with Gasteiger partial charge in [0.2, 0.25) is 0 Å². The number of amides is 1. The Labute approximate surface area is 153 Å². The normalized spacial score (nSPS) is 11.8. The van der Waals surface area contributed by atoms with Gasteiger partial charge in [0.15, 0.2) is 18.1 Å². The molecule has 27 heavy (non-hydrogen) atoms. The number of ether oxygens (including phenoxy) is 1. The Morgan fingerprint density at radius 3 is 2.78 bits per heavy atom. The lowest BCUT2D eigenvalue weighted by atomic mass is 10.1. The van der Waals surface area contributed by atoms with Crippen molar-refractivity contribution in [2.24, 2.45) is 0 Å². The molecule has 0 saturated carbocycles. The van der Waals surface area contributed by atoms with E-state index in [1.165, 1.54) is 43.6 Å². The van der Waals surface area contributed by atoms with E-state index in [4.69, 9.17) is 9.15 Å². The van der Waals surface area contributed by atoms with Gasteiger partial charge in [0.05, 0.1) is 16.2 Å². The zero-order chi connectivity index (χ0) is 19.6. The Bertz CT molecular complexity index is 1040. The maximum atomic E-state index is 12.3. The van der Waals surface area contributed by atoms with E-state index in [-0.39, 0.29) is 16.9 Å². The van der Waals surface area contributed by atoms with Crippen LogP contribution in [0.4, 0.5) is 11.4 Å². The first-order chi connectivity index (χ1) is 12.8. The number of non-ortho nitro benzene ring substituents is 1. The third kappa shape index (κ3) is 3.92. The van der Waals surface area contributed by atoms with Crippen molar-refractivity contribution < 1.29 is 23.7 Å². The summed E-state index contributed by atoms with van der Waals surface area (Å²) in [5.74, 6) is -1.31. The first kappa shape index (κ1) is 18.1. The number of nitro benzene ring substituents is 1. The van der Waals surface area contributed by atoms with Gasteiger partial charge < -0.3 is 14.5 Å². The first-order valence-corrected chi connectivity index (χ1v) is 7.95. The van der Waals surface area contributed by atoms with Gasteiger partial charge >= 0.3 is 5.97 Å². The zero-order valence-electron chi connectivity index (χ0n) is 14.5. The number of anilines is 1. The van der Waals surface area contributed by atoms with Crippen LogP contribution in [0.3, 0.4) is 0 Å². The molecule has 9 nitrogen and oxygen atoms in total. The molecule has 0 aliphatic rings. The highest BCUT2D eigenvalue weighted by Gasteiger charge is 2.21. The number of fused-ring (bicyclic) bond motifs is 1. The lowest BCUT2D eigenvalue weighted by molar-refractivity contribution is -0.384. The summed E-state index contributed by atoms with van der Waals surface area (Å²) in [7, 11) is 0. The minimum Gasteiger partial charge on any atom is -0.449 e. The number of aryl methyl sites for hydroxylation is 1. The molecular formula is C18H15N3O6. The molecule has 0 aliphatic heterocycles. The summed E-state index contributed by atoms with van der Waals surface area (Å²) < 4.78 is 10.3. The lowest BCUT2D eigenvalue weighted by Crippen LogP contribution is -2.30. The number of nitrogens with zero attached hydrogens (tertiary/aromatic N) is 2. The molecule has 0 spiro atoms. The summed E-state index contributed by atoms with van der Waals surface area (Å²) in [5, 5.41) is 13.4. The van der Waals surface area contributed by atoms with Gasteiger partial charge in [0.1, 0.15) is 5.52 Å². The van der Waals surface area contributed by atoms with Gasteiger partial charge in [-0.2, -0.15) is 0 Å². The zero-order valence-corrected chi connectivity index (χ0v) is 14.5. The van der Waals surface area contributed by atoms with Crippen molar-refractivity contribution in [3.8, 4) is 0 Å². The second-order valence-electron chi connectivity index (χ2n) is 5.83. The maximum absolute atomic E-state index is 12.3. The van der Waals surface area contributed by atoms with Crippen LogP contribution >= 0.6 is 0 Å². The number of nitro groups is 1. The average molecular weight is 369 g/mol. The summed E-state index contributed by atoms with van der Waals surface area (Å²) in [6, 6.07) is 8.71. The third-order valence-electron chi connectivity index (χ3n) is 3.91. The molecule has 2 aromatic carbocycles. The highest BCUT2D eigenvalue weighted by Crippen LogP contribution is 2.22. The molecule has 0 radical (unpaired) electrons. The van der Waals surface area contributed by atoms with E-state index >= 15 is 0 Å². The topological polar surface area (TPSA) is 125 Å². The summed E-state index contributed by atoms with van der Waals surface area (Å²) >= 11 is 0. The number of rotatable bonds is 5. The molecule has 1 aromatic heterocycles. The smallest absolute Gasteiger partial charge is 0.339 e. The number of oxazole rings is 1. The van der Waals surface area contributed by atoms with E-state index < -0.39 is 22.9 Å². The minimum atomic E-state index is -1.11. The summed E-state index contributed by atoms with van der Waals surface area (Å²) in [6.45, 7) is 3.11. The molecule has 0 fully saturated rings. The number of carbonyl (C=O) groups excluding carboxylic acids is 2. The number of esters is 1. The van der Waals surface area contributed by atoms with Crippen LogP contribution < -0.4 is 5.32 Å². The van der Waals surface area contributed by atoms with Gasteiger partial charge in [-0.3, -0.25) is 14.9 Å². The van der Waals surface area contributed by atoms with Gasteiger partial charge in [-0.25, -0.2) is 9.78 Å². The summed E-state index contributed by atoms with van der Waals surface area (Å²) in [5.41, 5.74) is 2.00. The minimum absolute atomic E-state index is 0.152. The molecule has 1 atom stereocenters. The van der Waals surface area contributed by atoms with Gasteiger partial charge in [0, 0.05) is 12.1 Å². The summed E-state index contributed by atoms with van der Waals surface area (Å²) in [6.07, 6.45) is 0.151. The molecule has 9 heteroatoms. The van der Waals surface area contributed by atoms with Crippen LogP contribution in [-0.2, 0) is 9.53 Å². The molecule has 0 aliphatic carbocycles. The molecular weight excluding hydrogens is 354 g/mol. The lowest BCUT2D eigenvalue weighted by Gasteiger charge is -2.14. The fourth-order valence-electron chi connectivity index (χ4n) is 2.36. The molecule has 3 aromatic rings. The van der Waals surface area contributed by atoms with E-state index in [2.05, 4.69) is 10.3 Å². The van der Waals surface area contributed by atoms with Gasteiger partial charge in [-0.15, -0.1) is 0 Å². The van der Waals surface area contributed by atoms with Crippen LogP contribution in [0.1, 0.15) is 22.8 Å². The molecule has 1 N–H and O–H groups in total. The fraction of sp³-hybridized carbons (Fsp3) is 0.167. The van der Waals surface area contributed by atoms with Crippen molar-refractivity contribution in [2.45, 2.75) is 20.0 Å². The van der Waals surface area contributed by atoms with Crippen LogP contribution in [0.5, 0.6) is 0 Å². The first-order valence-electron chi connectivity index (χ1n) is 7.95. The third-order valence-corrected chi connectivity index (χ3v) is 3.91. The molecule has 3 rings (SSSR count). The number of hydrogen-bond donors (Lipinski definition) is 1. The molecule has 1 unspecified atom stereocenters. The van der Waals surface area contributed by atoms with Gasteiger partial charge in [-0.05, 0) is 37.6 Å². The van der Waals surface area contributed by atoms with Gasteiger partial charge in [-0.1, -0.05) is 6.07 Å². The highest BCUT2D eigenvalue weighted by molar-refractivity contribution is 5.98. The van der Waals surface area contributed by atoms with Crippen LogP contribution in [0.15, 0.2) is 47.2 Å². The van der Waals surface area contributed by atoms with E-state index in [9.17, 15) is 19.7 Å². The summed E-state index contributed by atoms with van der Waals surface area (Å²) in [4.78, 5) is 38.8. The monoisotopic (exact) mass is 369 g/mol. The van der Waals surface area contributed by atoms with E-state index in [1.807, 2.05) is 0 Å². The van der Waals surface area contributed by atoms with E-state index in [0.29, 0.717) is 16.7 Å². The average Bonchev–Trinajstić information content (AvgIpc) is 3.10. The standard InChI is InChI=1S/C18H15N3O6/c1-10-3-5-13(21(24)25)8-15(10)20-17(22)11(2)27-18(23)12-4-6-14-16(7-12)26-9-19-14/h3-9,11H,1-2H3,(H,20,22). The molecule has 1 heterocycles. The number of carbonyl (C=O) groups is 2. The highest BCUT2D eigenvalue weighted by atomic mass is 16.6. The number of hydrogen-bond acceptors (Lipinski definition) is 7. The van der Waals surface area contributed by atoms with E-state index in [1.54, 1.807) is 13.0 Å². The predicted octanol–water partition coefficient (Wildman–Crippen LogP) is 3.23. The van der Waals surface area contributed by atoms with Crippen molar-refractivity contribution in [1.82, 2.24) is 4.98 Å². The van der Waals surface area contributed by atoms with Gasteiger partial charge in [0.25, 0.3) is 11.6 Å². The number of nitrogens with one attached hydrogen (secondary N) is 1. The second kappa shape index (κ2) is 7.24. The van der Waals surface area contributed by atoms with Crippen molar-refractivity contribution in [2.75, 3.05) is 5.32 Å². The molecule has 0 bridgehead atoms. The van der Waals surface area contributed by atoms with Crippen LogP contribution in [0.2, 0.25) is 0 Å². The molecule has 1 amide bonds. The van der Waals surface area contributed by atoms with Crippen molar-refractivity contribution in [3.63, 3.8) is 0 Å². The van der Waals surface area contributed by atoms with Crippen molar-refractivity contribution >= 4 is 34.4 Å². The maximum Gasteiger partial charge on any atom is 0.339 e. The Balaban J connectivity index is 1.69. The number of aromatic nitrogens is 1. The SMILES string of the molecule is Cc1ccc([N+](=O)[O-])cc1NC(=O)C(C)OC(=O)c1ccc2ncoc2c1. The number of benzene rings is 2. The fourth-order valence-corrected chi connectivity index (χ4v) is 2.36. The van der Waals surface area contributed by atoms with Crippen molar-refractivity contribution in [3.05, 3.63) is 64.0 Å². The molecule has 0 saturated heterocycles. The second-order valence-corrected chi connectivity index (χ2v) is 5.83. The van der Waals surface area contributed by atoms with Crippen LogP contribution in [0.25, 0.3) is 11.1 Å². The Hall–Kier alpha value is -3.75. The largest absolute Gasteiger partial charge is 0.449 e. The quantitative estimate of drug-likeness (QED) is 0.416. The predicted molar refractivity (Wildman–Crippen MR) is 95.3 cm³/mol. The van der Waals surface area contributed by atoms with Crippen LogP contribution in [-0.4, -0.2) is 27.9 Å². The van der Waals surface area contributed by atoms with Crippen LogP contribution in [0, 0.1) is 17.0 Å². The Morgan fingerprint density at radius 2 is 2.04 bits per heavy atom. The molecule has 138 valence electrons. The van der Waals surface area contributed by atoms with Crippen molar-refractivity contribution in [1.29, 1.82) is 0 Å². The van der Waals surface area contributed by atoms with E-state index in [0.717, 1.165) is 0 Å². The Kier molecular flexibility index (Phi) is 4.84.